The summed E-state index contributed by atoms with van der Waals surface area (Å²) in [6.45, 7) is 0. The molecule has 48 valence electrons. The van der Waals surface area contributed by atoms with E-state index in [9.17, 15) is 0 Å². The Kier molecular flexibility index (Phi) is 2.89. The van der Waals surface area contributed by atoms with Crippen LogP contribution in [0.4, 0.5) is 0 Å². The van der Waals surface area contributed by atoms with Crippen molar-refractivity contribution in [2.24, 2.45) is 0 Å². The van der Waals surface area contributed by atoms with Crippen LogP contribution in [0.5, 0.6) is 0 Å². The van der Waals surface area contributed by atoms with Gasteiger partial charge in [-0.1, -0.05) is 0 Å². The predicted octanol–water partition coefficient (Wildman–Crippen LogP) is -3.20. The first-order valence-corrected chi connectivity index (χ1v) is 6.42. The molecule has 1 N–H and O–H groups in total. The lowest BCUT2D eigenvalue weighted by molar-refractivity contribution is 0.265. The lowest BCUT2D eigenvalue weighted by Gasteiger charge is -2.19. The average molecular weight is 168 g/mol. The highest BCUT2D eigenvalue weighted by Gasteiger charge is 2.15. The van der Waals surface area contributed by atoms with E-state index in [-0.39, 0.29) is 6.23 Å². The van der Waals surface area contributed by atoms with Gasteiger partial charge in [0.25, 0.3) is 20.0 Å². The van der Waals surface area contributed by atoms with E-state index in [0.29, 0.717) is 0 Å². The molecule has 0 atom stereocenters. The molecule has 0 unspecified atom stereocenters. The van der Waals surface area contributed by atoms with Gasteiger partial charge in [0.1, 0.15) is 0 Å². The maximum absolute atomic E-state index is 8.49. The molecular weight excluding hydrogens is 160 g/mol. The van der Waals surface area contributed by atoms with Crippen LogP contribution < -0.4 is 0 Å². The van der Waals surface area contributed by atoms with E-state index in [4.69, 9.17) is 17.5 Å². The zero-order valence-corrected chi connectivity index (χ0v) is 8.35. The predicted molar refractivity (Wildman–Crippen MR) is 34.6 cm³/mol. The van der Waals surface area contributed by atoms with Crippen LogP contribution in [-0.2, 0) is 12.3 Å². The second kappa shape index (κ2) is 3.50. The second-order valence-corrected chi connectivity index (χ2v) is 7.38. The van der Waals surface area contributed by atoms with Crippen molar-refractivity contribution < 1.29 is 17.5 Å². The molecule has 1 heterocycles. The smallest absolute Gasteiger partial charge is 0.329 e. The minimum atomic E-state index is -1.55. The molecule has 0 aromatic carbocycles. The summed E-state index contributed by atoms with van der Waals surface area (Å²) in [4.78, 5) is 0. The van der Waals surface area contributed by atoms with Crippen LogP contribution in [0.2, 0.25) is 0 Å². The van der Waals surface area contributed by atoms with Gasteiger partial charge in [0.2, 0.25) is 0 Å². The van der Waals surface area contributed by atoms with Crippen LogP contribution in [0.25, 0.3) is 0 Å². The van der Waals surface area contributed by atoms with Crippen molar-refractivity contribution in [3.8, 4) is 0 Å². The summed E-state index contributed by atoms with van der Waals surface area (Å²) in [6, 6.07) is 0. The van der Waals surface area contributed by atoms with Crippen molar-refractivity contribution in [2.75, 3.05) is 6.23 Å². The standard InChI is InChI=1S/CH8O4Si3/c2-1-8-4-6-3-7-5-8/h2,8H,1,6-7H2. The lowest BCUT2D eigenvalue weighted by atomic mass is 11.7. The zero-order valence-electron chi connectivity index (χ0n) is 4.37. The van der Waals surface area contributed by atoms with Crippen LogP contribution in [-0.4, -0.2) is 40.6 Å². The third kappa shape index (κ3) is 1.78. The molecule has 0 aromatic rings. The Labute approximate surface area is 53.7 Å². The van der Waals surface area contributed by atoms with Crippen molar-refractivity contribution in [2.45, 2.75) is 0 Å². The van der Waals surface area contributed by atoms with Gasteiger partial charge >= 0.3 is 9.28 Å². The van der Waals surface area contributed by atoms with E-state index < -0.39 is 29.3 Å². The molecule has 1 fully saturated rings. The second-order valence-electron chi connectivity index (χ2n) is 1.39. The Morgan fingerprint density at radius 2 is 2.00 bits per heavy atom. The molecule has 1 rings (SSSR count). The van der Waals surface area contributed by atoms with Gasteiger partial charge in [-0.25, -0.2) is 0 Å². The third-order valence-corrected chi connectivity index (χ3v) is 6.52. The molecule has 0 amide bonds. The lowest BCUT2D eigenvalue weighted by Crippen LogP contribution is -2.38. The van der Waals surface area contributed by atoms with E-state index in [0.717, 1.165) is 0 Å². The highest BCUT2D eigenvalue weighted by molar-refractivity contribution is 6.61. The van der Waals surface area contributed by atoms with E-state index in [1.165, 1.54) is 0 Å². The number of aliphatic hydroxyl groups is 1. The fourth-order valence-corrected chi connectivity index (χ4v) is 6.52. The molecule has 1 saturated heterocycles. The Balaban J connectivity index is 2.13. The molecule has 0 radical (unpaired) electrons. The van der Waals surface area contributed by atoms with Gasteiger partial charge in [0, 0.05) is 0 Å². The van der Waals surface area contributed by atoms with Crippen molar-refractivity contribution >= 4 is 29.3 Å². The first-order valence-electron chi connectivity index (χ1n) is 2.35. The molecule has 0 bridgehead atoms. The summed E-state index contributed by atoms with van der Waals surface area (Å²) in [5.41, 5.74) is 0. The fraction of sp³-hybridized carbons (Fsp3) is 1.00. The highest BCUT2D eigenvalue weighted by atomic mass is 28.4. The van der Waals surface area contributed by atoms with Crippen LogP contribution >= 0.6 is 0 Å². The molecule has 4 nitrogen and oxygen atoms in total. The van der Waals surface area contributed by atoms with Gasteiger partial charge < -0.3 is 17.5 Å². The minimum Gasteiger partial charge on any atom is -0.425 e. The average Bonchev–Trinajstić information content (AvgIpc) is 1.90. The van der Waals surface area contributed by atoms with Crippen molar-refractivity contribution in [1.29, 1.82) is 0 Å². The van der Waals surface area contributed by atoms with Gasteiger partial charge in [0.05, 0.1) is 6.23 Å². The number of hydrogen-bond acceptors (Lipinski definition) is 4. The Bertz CT molecular complexity index is 62.3. The Morgan fingerprint density at radius 3 is 2.38 bits per heavy atom. The van der Waals surface area contributed by atoms with E-state index in [1.807, 2.05) is 0 Å². The fourth-order valence-electron chi connectivity index (χ4n) is 0.436. The molecule has 7 heteroatoms. The van der Waals surface area contributed by atoms with Gasteiger partial charge in [-0.2, -0.15) is 0 Å². The van der Waals surface area contributed by atoms with Crippen molar-refractivity contribution in [1.82, 2.24) is 0 Å². The summed E-state index contributed by atoms with van der Waals surface area (Å²) in [5.74, 6) is 0. The topological polar surface area (TPSA) is 47.9 Å². The first kappa shape index (κ1) is 6.61. The normalized spacial score (nSPS) is 36.4. The Hall–Kier alpha value is 0.491. The maximum Gasteiger partial charge on any atom is 0.329 e. The summed E-state index contributed by atoms with van der Waals surface area (Å²) >= 11 is 0. The monoisotopic (exact) mass is 168 g/mol. The molecule has 1 aliphatic rings. The number of hydrogen-bond donors (Lipinski definition) is 1. The van der Waals surface area contributed by atoms with Crippen molar-refractivity contribution in [3.63, 3.8) is 0 Å². The highest BCUT2D eigenvalue weighted by Crippen LogP contribution is 1.91. The van der Waals surface area contributed by atoms with Crippen LogP contribution in [0, 0.1) is 0 Å². The van der Waals surface area contributed by atoms with Crippen LogP contribution in [0.1, 0.15) is 0 Å². The van der Waals surface area contributed by atoms with E-state index in [1.54, 1.807) is 0 Å². The first-order chi connectivity index (χ1) is 3.93. The SMILES string of the molecule is OC[SiH]1O[SiH2]O[SiH2]O1. The van der Waals surface area contributed by atoms with Gasteiger partial charge in [-0.3, -0.25) is 0 Å². The molecule has 8 heavy (non-hydrogen) atoms. The zero-order chi connectivity index (χ0) is 5.82. The molecule has 0 aliphatic carbocycles. The molecule has 0 saturated carbocycles. The molecular formula is CH8O4Si3. The molecule has 0 spiro atoms. The summed E-state index contributed by atoms with van der Waals surface area (Å²) in [6.07, 6.45) is 0.101. The largest absolute Gasteiger partial charge is 0.425 e. The van der Waals surface area contributed by atoms with Gasteiger partial charge in [0.15, 0.2) is 0 Å². The van der Waals surface area contributed by atoms with E-state index in [2.05, 4.69) is 0 Å². The maximum atomic E-state index is 8.49. The number of rotatable bonds is 1. The van der Waals surface area contributed by atoms with Gasteiger partial charge in [-0.15, -0.1) is 0 Å². The van der Waals surface area contributed by atoms with Crippen LogP contribution in [0.3, 0.4) is 0 Å². The van der Waals surface area contributed by atoms with Crippen LogP contribution in [0.15, 0.2) is 0 Å². The summed E-state index contributed by atoms with van der Waals surface area (Å²) in [5, 5.41) is 8.49. The summed E-state index contributed by atoms with van der Waals surface area (Å²) in [7, 11) is -2.97. The Morgan fingerprint density at radius 1 is 1.38 bits per heavy atom. The van der Waals surface area contributed by atoms with Gasteiger partial charge in [-0.05, 0) is 0 Å². The third-order valence-electron chi connectivity index (χ3n) is 0.824. The molecule has 0 aromatic heterocycles. The van der Waals surface area contributed by atoms with Crippen molar-refractivity contribution in [3.05, 3.63) is 0 Å². The minimum absolute atomic E-state index is 0.101. The summed E-state index contributed by atoms with van der Waals surface area (Å²) < 4.78 is 15.0. The molecule has 1 aliphatic heterocycles. The quantitative estimate of drug-likeness (QED) is 0.419. The number of aliphatic hydroxyl groups excluding tert-OH is 1. The van der Waals surface area contributed by atoms with E-state index >= 15 is 0 Å².